The van der Waals surface area contributed by atoms with Gasteiger partial charge in [-0.1, -0.05) is 12.8 Å². The summed E-state index contributed by atoms with van der Waals surface area (Å²) >= 11 is 0. The molecule has 1 saturated carbocycles. The van der Waals surface area contributed by atoms with Crippen LogP contribution in [0.5, 0.6) is 0 Å². The van der Waals surface area contributed by atoms with Crippen LogP contribution in [0.15, 0.2) is 0 Å². The lowest BCUT2D eigenvalue weighted by atomic mass is 10.0. The summed E-state index contributed by atoms with van der Waals surface area (Å²) in [7, 11) is 0. The molecule has 1 heterocycles. The highest BCUT2D eigenvalue weighted by Crippen LogP contribution is 2.20. The summed E-state index contributed by atoms with van der Waals surface area (Å²) < 4.78 is 0. The number of carbonyl (C=O) groups excluding carboxylic acids is 1. The Kier molecular flexibility index (Phi) is 2.79. The van der Waals surface area contributed by atoms with Crippen molar-refractivity contribution in [3.05, 3.63) is 0 Å². The van der Waals surface area contributed by atoms with Gasteiger partial charge in [-0.3, -0.25) is 4.79 Å². The summed E-state index contributed by atoms with van der Waals surface area (Å²) in [5, 5.41) is 11.6. The van der Waals surface area contributed by atoms with Crippen molar-refractivity contribution in [3.8, 4) is 0 Å². The third-order valence-corrected chi connectivity index (χ3v) is 3.20. The van der Waals surface area contributed by atoms with Crippen LogP contribution >= 0.6 is 0 Å². The van der Waals surface area contributed by atoms with Gasteiger partial charge in [-0.15, -0.1) is 0 Å². The van der Waals surface area contributed by atoms with Gasteiger partial charge in [0.2, 0.25) is 0 Å². The van der Waals surface area contributed by atoms with E-state index in [1.807, 2.05) is 0 Å². The molecular weight excluding hydrogens is 196 g/mol. The van der Waals surface area contributed by atoms with E-state index in [9.17, 15) is 9.59 Å². The molecule has 0 radical (unpaired) electrons. The van der Waals surface area contributed by atoms with E-state index < -0.39 is 5.97 Å². The number of likely N-dealkylation sites (tertiary alicyclic amines) is 1. The summed E-state index contributed by atoms with van der Waals surface area (Å²) in [5.74, 6) is -1.17. The van der Waals surface area contributed by atoms with Crippen LogP contribution < -0.4 is 5.32 Å². The SMILES string of the molecule is O=C(O)C1CN(C(=O)NC2CCCC2)C1. The zero-order valence-electron chi connectivity index (χ0n) is 8.61. The topological polar surface area (TPSA) is 69.6 Å². The Morgan fingerprint density at radius 1 is 1.20 bits per heavy atom. The largest absolute Gasteiger partial charge is 0.481 e. The molecule has 0 atom stereocenters. The molecule has 15 heavy (non-hydrogen) atoms. The number of carbonyl (C=O) groups is 2. The Bertz CT molecular complexity index is 268. The van der Waals surface area contributed by atoms with Crippen LogP contribution in [-0.2, 0) is 4.79 Å². The van der Waals surface area contributed by atoms with Crippen molar-refractivity contribution < 1.29 is 14.7 Å². The maximum absolute atomic E-state index is 11.6. The van der Waals surface area contributed by atoms with Gasteiger partial charge < -0.3 is 15.3 Å². The number of amides is 2. The predicted molar refractivity (Wildman–Crippen MR) is 53.5 cm³/mol. The third kappa shape index (κ3) is 2.22. The minimum Gasteiger partial charge on any atom is -0.481 e. The molecular formula is C10H16N2O3. The number of nitrogens with zero attached hydrogens (tertiary/aromatic N) is 1. The molecule has 5 nitrogen and oxygen atoms in total. The monoisotopic (exact) mass is 212 g/mol. The molecule has 5 heteroatoms. The maximum atomic E-state index is 11.6. The fraction of sp³-hybridized carbons (Fsp3) is 0.800. The Hall–Kier alpha value is -1.26. The van der Waals surface area contributed by atoms with Crippen LogP contribution in [0.3, 0.4) is 0 Å². The fourth-order valence-corrected chi connectivity index (χ4v) is 2.14. The average Bonchev–Trinajstić information content (AvgIpc) is 2.52. The molecule has 2 fully saturated rings. The minimum atomic E-state index is -0.806. The van der Waals surface area contributed by atoms with Crippen LogP contribution in [-0.4, -0.2) is 41.1 Å². The Balaban J connectivity index is 1.71. The Labute approximate surface area is 88.4 Å². The van der Waals surface area contributed by atoms with Crippen LogP contribution in [0.2, 0.25) is 0 Å². The number of carboxylic acids is 1. The van der Waals surface area contributed by atoms with Gasteiger partial charge in [0.15, 0.2) is 0 Å². The van der Waals surface area contributed by atoms with E-state index in [1.54, 1.807) is 4.90 Å². The highest BCUT2D eigenvalue weighted by atomic mass is 16.4. The van der Waals surface area contributed by atoms with Crippen molar-refractivity contribution in [3.63, 3.8) is 0 Å². The average molecular weight is 212 g/mol. The summed E-state index contributed by atoms with van der Waals surface area (Å²) in [6.45, 7) is 0.710. The van der Waals surface area contributed by atoms with Gasteiger partial charge in [-0.25, -0.2) is 4.79 Å². The van der Waals surface area contributed by atoms with E-state index in [0.717, 1.165) is 12.8 Å². The molecule has 0 unspecified atom stereocenters. The first kappa shape index (κ1) is 10.3. The zero-order valence-corrected chi connectivity index (χ0v) is 8.61. The van der Waals surface area contributed by atoms with Crippen molar-refractivity contribution >= 4 is 12.0 Å². The number of hydrogen-bond acceptors (Lipinski definition) is 2. The molecule has 2 rings (SSSR count). The van der Waals surface area contributed by atoms with Crippen molar-refractivity contribution in [1.82, 2.24) is 10.2 Å². The second kappa shape index (κ2) is 4.08. The number of rotatable bonds is 2. The van der Waals surface area contributed by atoms with Crippen molar-refractivity contribution in [2.45, 2.75) is 31.7 Å². The lowest BCUT2D eigenvalue weighted by Crippen LogP contribution is -2.57. The standard InChI is InChI=1S/C10H16N2O3/c13-9(14)7-5-12(6-7)10(15)11-8-3-1-2-4-8/h7-8H,1-6H2,(H,11,15)(H,13,14). The van der Waals surface area contributed by atoms with Crippen molar-refractivity contribution in [2.75, 3.05) is 13.1 Å². The van der Waals surface area contributed by atoms with E-state index in [0.29, 0.717) is 19.1 Å². The zero-order chi connectivity index (χ0) is 10.8. The summed E-state index contributed by atoms with van der Waals surface area (Å²) in [6.07, 6.45) is 4.48. The van der Waals surface area contributed by atoms with Crippen molar-refractivity contribution in [2.24, 2.45) is 5.92 Å². The lowest BCUT2D eigenvalue weighted by molar-refractivity contribution is -0.146. The number of urea groups is 1. The maximum Gasteiger partial charge on any atom is 0.317 e. The summed E-state index contributed by atoms with van der Waals surface area (Å²) in [4.78, 5) is 23.7. The molecule has 0 aromatic carbocycles. The molecule has 0 aromatic rings. The van der Waals surface area contributed by atoms with Crippen LogP contribution in [0.1, 0.15) is 25.7 Å². The van der Waals surface area contributed by atoms with Crippen LogP contribution in [0, 0.1) is 5.92 Å². The highest BCUT2D eigenvalue weighted by Gasteiger charge is 2.36. The van der Waals surface area contributed by atoms with E-state index >= 15 is 0 Å². The number of carboxylic acid groups (broad SMARTS) is 1. The quantitative estimate of drug-likeness (QED) is 0.706. The molecule has 2 aliphatic rings. The van der Waals surface area contributed by atoms with E-state index in [1.165, 1.54) is 12.8 Å². The molecule has 0 bridgehead atoms. The van der Waals surface area contributed by atoms with Crippen LogP contribution in [0.4, 0.5) is 4.79 Å². The van der Waals surface area contributed by atoms with Gasteiger partial charge in [-0.2, -0.15) is 0 Å². The minimum absolute atomic E-state index is 0.0978. The van der Waals surface area contributed by atoms with Gasteiger partial charge in [0.05, 0.1) is 5.92 Å². The molecule has 0 spiro atoms. The van der Waals surface area contributed by atoms with E-state index in [-0.39, 0.29) is 11.9 Å². The highest BCUT2D eigenvalue weighted by molar-refractivity contribution is 5.79. The molecule has 2 N–H and O–H groups in total. The lowest BCUT2D eigenvalue weighted by Gasteiger charge is -2.37. The van der Waals surface area contributed by atoms with Gasteiger partial charge in [0, 0.05) is 19.1 Å². The van der Waals surface area contributed by atoms with E-state index in [4.69, 9.17) is 5.11 Å². The Morgan fingerprint density at radius 3 is 2.33 bits per heavy atom. The second-order valence-corrected chi connectivity index (χ2v) is 4.37. The van der Waals surface area contributed by atoms with Gasteiger partial charge in [-0.05, 0) is 12.8 Å². The number of aliphatic carboxylic acids is 1. The molecule has 1 aliphatic heterocycles. The predicted octanol–water partition coefficient (Wildman–Crippen LogP) is 0.655. The molecule has 84 valence electrons. The normalized spacial score (nSPS) is 22.5. The van der Waals surface area contributed by atoms with Crippen molar-refractivity contribution in [1.29, 1.82) is 0 Å². The molecule has 1 aliphatic carbocycles. The summed E-state index contributed by atoms with van der Waals surface area (Å²) in [6, 6.07) is 0.209. The number of nitrogens with one attached hydrogen (secondary N) is 1. The Morgan fingerprint density at radius 2 is 1.80 bits per heavy atom. The first-order chi connectivity index (χ1) is 7.16. The fourth-order valence-electron chi connectivity index (χ4n) is 2.14. The first-order valence-corrected chi connectivity index (χ1v) is 5.45. The third-order valence-electron chi connectivity index (χ3n) is 3.20. The molecule has 1 saturated heterocycles. The number of hydrogen-bond donors (Lipinski definition) is 2. The summed E-state index contributed by atoms with van der Waals surface area (Å²) in [5.41, 5.74) is 0. The van der Waals surface area contributed by atoms with E-state index in [2.05, 4.69) is 5.32 Å². The second-order valence-electron chi connectivity index (χ2n) is 4.37. The molecule has 0 aromatic heterocycles. The smallest absolute Gasteiger partial charge is 0.317 e. The van der Waals surface area contributed by atoms with Gasteiger partial charge in [0.1, 0.15) is 0 Å². The molecule has 2 amide bonds. The van der Waals surface area contributed by atoms with Gasteiger partial charge in [0.25, 0.3) is 0 Å². The first-order valence-electron chi connectivity index (χ1n) is 5.45. The van der Waals surface area contributed by atoms with Crippen LogP contribution in [0.25, 0.3) is 0 Å². The van der Waals surface area contributed by atoms with Gasteiger partial charge >= 0.3 is 12.0 Å².